The Kier molecular flexibility index (Phi) is 35.9. The molecule has 2 aromatic rings. The fourth-order valence-corrected chi connectivity index (χ4v) is 6.14. The summed E-state index contributed by atoms with van der Waals surface area (Å²) in [5.41, 5.74) is 0. The molecule has 0 saturated heterocycles. The first-order chi connectivity index (χ1) is 21.9. The van der Waals surface area contributed by atoms with Gasteiger partial charge in [0.05, 0.1) is 0 Å². The maximum absolute atomic E-state index is 2.29. The molecule has 0 aromatic carbocycles. The quantitative estimate of drug-likeness (QED) is 0.0590. The van der Waals surface area contributed by atoms with Crippen LogP contribution in [-0.2, 0) is 13.1 Å². The van der Waals surface area contributed by atoms with Gasteiger partial charge < -0.3 is 0 Å². The number of rotatable bonds is 30. The van der Waals surface area contributed by atoms with Gasteiger partial charge in [0.15, 0.2) is 24.8 Å². The Hall–Kier alpha value is -1.41. The predicted octanol–water partition coefficient (Wildman–Crippen LogP) is 13.3. The molecule has 0 bridgehead atoms. The summed E-state index contributed by atoms with van der Waals surface area (Å²) in [6.45, 7) is 6.94. The number of halogens is 1. The van der Waals surface area contributed by atoms with Crippen molar-refractivity contribution in [2.24, 2.45) is 0 Å². The van der Waals surface area contributed by atoms with Crippen molar-refractivity contribution in [2.75, 3.05) is 0 Å². The van der Waals surface area contributed by atoms with Crippen LogP contribution >= 0.6 is 12.4 Å². The normalized spacial score (nSPS) is 10.7. The number of aromatic nitrogens is 2. The number of aryl methyl sites for hydroxylation is 2. The first-order valence-electron chi connectivity index (χ1n) is 19.7. The molecule has 2 rings (SSSR count). The molecule has 0 atom stereocenters. The van der Waals surface area contributed by atoms with Crippen molar-refractivity contribution in [3.05, 3.63) is 61.2 Å². The SMILES string of the molecule is CCCCCCCCCCCCCCCC[n+]1ccccc1.CCCCCCCCCCCCCCCC[n+]1ccccc1.Cl. The van der Waals surface area contributed by atoms with Gasteiger partial charge in [-0.05, 0) is 12.8 Å². The highest BCUT2D eigenvalue weighted by Gasteiger charge is 1.99. The first kappa shape index (κ1) is 43.6. The number of hydrogen-bond acceptors (Lipinski definition) is 0. The maximum atomic E-state index is 2.29. The fraction of sp³-hybridized carbons (Fsp3) is 0.762. The molecule has 0 aliphatic carbocycles. The summed E-state index contributed by atoms with van der Waals surface area (Å²) in [5.74, 6) is 0. The summed E-state index contributed by atoms with van der Waals surface area (Å²) in [5, 5.41) is 0. The van der Waals surface area contributed by atoms with Gasteiger partial charge in [0, 0.05) is 37.1 Å². The Balaban J connectivity index is 0.000000842. The van der Waals surface area contributed by atoms with Crippen LogP contribution in [0, 0.1) is 0 Å². The van der Waals surface area contributed by atoms with Crippen LogP contribution in [0.2, 0.25) is 0 Å². The molecule has 0 aliphatic rings. The average Bonchev–Trinajstić information content (AvgIpc) is 3.06. The third-order valence-electron chi connectivity index (χ3n) is 9.09. The number of hydrogen-bond donors (Lipinski definition) is 0. The molecule has 0 spiro atoms. The standard InChI is InChI=1S/2C21H38N.ClH/c2*1-2-3-4-5-6-7-8-9-10-11-12-13-14-16-19-22-20-17-15-18-21-22;/h2*15,17-18,20-21H,2-14,16,19H2,1H3;1H/q2*+1;. The Labute approximate surface area is 288 Å². The van der Waals surface area contributed by atoms with Gasteiger partial charge in [-0.15, -0.1) is 12.4 Å². The van der Waals surface area contributed by atoms with Gasteiger partial charge in [-0.3, -0.25) is 0 Å². The van der Waals surface area contributed by atoms with Crippen LogP contribution in [0.3, 0.4) is 0 Å². The smallest absolute Gasteiger partial charge is 0.168 e. The van der Waals surface area contributed by atoms with Crippen LogP contribution in [0.4, 0.5) is 0 Å². The minimum Gasteiger partial charge on any atom is -0.205 e. The van der Waals surface area contributed by atoms with Gasteiger partial charge >= 0.3 is 0 Å². The van der Waals surface area contributed by atoms with E-state index in [0.29, 0.717) is 0 Å². The summed E-state index contributed by atoms with van der Waals surface area (Å²) in [7, 11) is 0. The molecular formula is C42H77ClN2+2. The minimum absolute atomic E-state index is 0. The van der Waals surface area contributed by atoms with E-state index >= 15 is 0 Å². The van der Waals surface area contributed by atoms with E-state index in [1.54, 1.807) is 0 Å². The largest absolute Gasteiger partial charge is 0.205 e. The zero-order chi connectivity index (χ0) is 31.4. The highest BCUT2D eigenvalue weighted by atomic mass is 35.5. The molecule has 0 radical (unpaired) electrons. The van der Waals surface area contributed by atoms with E-state index in [1.165, 1.54) is 193 Å². The zero-order valence-electron chi connectivity index (χ0n) is 30.3. The Morgan fingerprint density at radius 3 is 0.689 bits per heavy atom. The monoisotopic (exact) mass is 645 g/mol. The topological polar surface area (TPSA) is 7.76 Å². The molecule has 3 heteroatoms. The fourth-order valence-electron chi connectivity index (χ4n) is 6.14. The van der Waals surface area contributed by atoms with Gasteiger partial charge in [-0.25, -0.2) is 9.13 Å². The van der Waals surface area contributed by atoms with Crippen molar-refractivity contribution in [1.29, 1.82) is 0 Å². The lowest BCUT2D eigenvalue weighted by Gasteiger charge is -2.02. The third-order valence-corrected chi connectivity index (χ3v) is 9.09. The van der Waals surface area contributed by atoms with Crippen molar-refractivity contribution < 1.29 is 9.13 Å². The molecule has 2 heterocycles. The average molecular weight is 646 g/mol. The summed E-state index contributed by atoms with van der Waals surface area (Å²) < 4.78 is 4.58. The van der Waals surface area contributed by atoms with Crippen molar-refractivity contribution >= 4 is 12.4 Å². The molecule has 0 N–H and O–H groups in total. The molecule has 260 valence electrons. The maximum Gasteiger partial charge on any atom is 0.168 e. The van der Waals surface area contributed by atoms with Crippen molar-refractivity contribution in [3.63, 3.8) is 0 Å². The molecule has 2 nitrogen and oxygen atoms in total. The summed E-state index contributed by atoms with van der Waals surface area (Å²) in [6.07, 6.45) is 48.8. The molecule has 0 fully saturated rings. The number of nitrogens with zero attached hydrogens (tertiary/aromatic N) is 2. The van der Waals surface area contributed by atoms with Crippen LogP contribution in [0.25, 0.3) is 0 Å². The van der Waals surface area contributed by atoms with E-state index in [1.807, 2.05) is 0 Å². The molecule has 2 aromatic heterocycles. The first-order valence-corrected chi connectivity index (χ1v) is 19.7. The third kappa shape index (κ3) is 32.3. The van der Waals surface area contributed by atoms with E-state index in [2.05, 4.69) is 84.2 Å². The second kappa shape index (κ2) is 37.1. The highest BCUT2D eigenvalue weighted by molar-refractivity contribution is 5.85. The highest BCUT2D eigenvalue weighted by Crippen LogP contribution is 2.14. The van der Waals surface area contributed by atoms with E-state index in [0.717, 1.165) is 0 Å². The van der Waals surface area contributed by atoms with E-state index in [9.17, 15) is 0 Å². The Bertz CT molecular complexity index is 714. The lowest BCUT2D eigenvalue weighted by molar-refractivity contribution is -0.697. The molecule has 0 aliphatic heterocycles. The van der Waals surface area contributed by atoms with Gasteiger partial charge in [0.25, 0.3) is 0 Å². The minimum atomic E-state index is 0. The summed E-state index contributed by atoms with van der Waals surface area (Å²) in [6, 6.07) is 12.6. The van der Waals surface area contributed by atoms with Gasteiger partial charge in [0.2, 0.25) is 0 Å². The Morgan fingerprint density at radius 1 is 0.267 bits per heavy atom. The molecule has 0 amide bonds. The summed E-state index contributed by atoms with van der Waals surface area (Å²) >= 11 is 0. The Morgan fingerprint density at radius 2 is 0.467 bits per heavy atom. The van der Waals surface area contributed by atoms with Gasteiger partial charge in [0.1, 0.15) is 13.1 Å². The molecule has 0 saturated carbocycles. The van der Waals surface area contributed by atoms with Crippen LogP contribution in [0.1, 0.15) is 194 Å². The van der Waals surface area contributed by atoms with E-state index < -0.39 is 0 Å². The lowest BCUT2D eigenvalue weighted by atomic mass is 10.0. The van der Waals surface area contributed by atoms with Gasteiger partial charge in [-0.1, -0.05) is 180 Å². The van der Waals surface area contributed by atoms with Gasteiger partial charge in [-0.2, -0.15) is 0 Å². The number of unbranched alkanes of at least 4 members (excludes halogenated alkanes) is 26. The van der Waals surface area contributed by atoms with Crippen molar-refractivity contribution in [3.8, 4) is 0 Å². The second-order valence-electron chi connectivity index (χ2n) is 13.4. The van der Waals surface area contributed by atoms with Crippen LogP contribution in [0.5, 0.6) is 0 Å². The number of pyridine rings is 2. The van der Waals surface area contributed by atoms with E-state index in [4.69, 9.17) is 0 Å². The molecule has 0 unspecified atom stereocenters. The predicted molar refractivity (Wildman–Crippen MR) is 201 cm³/mol. The lowest BCUT2D eigenvalue weighted by Crippen LogP contribution is -2.32. The molecular weight excluding hydrogens is 568 g/mol. The molecule has 45 heavy (non-hydrogen) atoms. The van der Waals surface area contributed by atoms with E-state index in [-0.39, 0.29) is 12.4 Å². The van der Waals surface area contributed by atoms with Crippen molar-refractivity contribution in [2.45, 2.75) is 207 Å². The van der Waals surface area contributed by atoms with Crippen molar-refractivity contribution in [1.82, 2.24) is 0 Å². The van der Waals surface area contributed by atoms with Crippen LogP contribution < -0.4 is 9.13 Å². The van der Waals surface area contributed by atoms with Crippen LogP contribution in [-0.4, -0.2) is 0 Å². The zero-order valence-corrected chi connectivity index (χ0v) is 31.1. The summed E-state index contributed by atoms with van der Waals surface area (Å²) in [4.78, 5) is 0. The second-order valence-corrected chi connectivity index (χ2v) is 13.4. The van der Waals surface area contributed by atoms with Crippen LogP contribution in [0.15, 0.2) is 61.2 Å².